The maximum Gasteiger partial charge on any atom is 0.225 e. The van der Waals surface area contributed by atoms with Crippen LogP contribution in [0.4, 0.5) is 0 Å². The van der Waals surface area contributed by atoms with Gasteiger partial charge in [0.05, 0.1) is 12.7 Å². The number of rotatable bonds is 6. The van der Waals surface area contributed by atoms with Crippen molar-refractivity contribution in [3.63, 3.8) is 0 Å². The first-order valence-corrected chi connectivity index (χ1v) is 13.3. The quantitative estimate of drug-likeness (QED) is 0.637. The molecule has 2 heterocycles. The van der Waals surface area contributed by atoms with E-state index >= 15 is 0 Å². The fourth-order valence-electron chi connectivity index (χ4n) is 5.91. The van der Waals surface area contributed by atoms with E-state index in [1.54, 1.807) is 0 Å². The van der Waals surface area contributed by atoms with Crippen molar-refractivity contribution in [1.82, 2.24) is 9.80 Å². The molecule has 7 heteroatoms. The molecule has 2 aliphatic heterocycles. The minimum absolute atomic E-state index is 0.106. The highest BCUT2D eigenvalue weighted by Crippen LogP contribution is 2.38. The number of piperidine rings is 2. The van der Waals surface area contributed by atoms with Crippen LogP contribution in [0.25, 0.3) is 0 Å². The summed E-state index contributed by atoms with van der Waals surface area (Å²) in [5, 5.41) is 10.6. The number of hydrogen-bond donors (Lipinski definition) is 1. The molecule has 1 aromatic carbocycles. The SMILES string of the molecule is Cc1cc(OC[C@]2(CC(=O)N3CCC(O)CC3)CCCN(C(=O)C3CCCC3)C2)cc(C)c1Cl. The third-order valence-electron chi connectivity index (χ3n) is 7.98. The van der Waals surface area contributed by atoms with Crippen molar-refractivity contribution < 1.29 is 19.4 Å². The normalized spacial score (nSPS) is 24.5. The first kappa shape index (κ1) is 25.3. The van der Waals surface area contributed by atoms with Crippen molar-refractivity contribution in [3.8, 4) is 5.75 Å². The van der Waals surface area contributed by atoms with Crippen molar-refractivity contribution >= 4 is 23.4 Å². The zero-order valence-corrected chi connectivity index (χ0v) is 21.4. The molecule has 3 fully saturated rings. The topological polar surface area (TPSA) is 70.1 Å². The average molecular weight is 491 g/mol. The lowest BCUT2D eigenvalue weighted by atomic mass is 9.76. The summed E-state index contributed by atoms with van der Waals surface area (Å²) in [6, 6.07) is 3.89. The summed E-state index contributed by atoms with van der Waals surface area (Å²) in [5.41, 5.74) is 1.52. The molecule has 0 spiro atoms. The van der Waals surface area contributed by atoms with E-state index in [4.69, 9.17) is 16.3 Å². The lowest BCUT2D eigenvalue weighted by Crippen LogP contribution is -2.52. The Balaban J connectivity index is 1.51. The predicted octanol–water partition coefficient (Wildman–Crippen LogP) is 4.51. The summed E-state index contributed by atoms with van der Waals surface area (Å²) in [6.45, 7) is 6.85. The summed E-state index contributed by atoms with van der Waals surface area (Å²) < 4.78 is 6.32. The molecule has 1 aromatic rings. The number of aliphatic hydroxyl groups is 1. The van der Waals surface area contributed by atoms with Gasteiger partial charge in [0, 0.05) is 49.0 Å². The van der Waals surface area contributed by atoms with Crippen LogP contribution in [0, 0.1) is 25.2 Å². The summed E-state index contributed by atoms with van der Waals surface area (Å²) in [5.74, 6) is 1.26. The van der Waals surface area contributed by atoms with E-state index < -0.39 is 5.41 Å². The average Bonchev–Trinajstić information content (AvgIpc) is 3.36. The minimum atomic E-state index is -0.416. The Hall–Kier alpha value is -1.79. The molecule has 0 radical (unpaired) electrons. The van der Waals surface area contributed by atoms with Gasteiger partial charge in [0.25, 0.3) is 0 Å². The molecular weight excluding hydrogens is 452 g/mol. The van der Waals surface area contributed by atoms with Gasteiger partial charge < -0.3 is 19.6 Å². The molecule has 34 heavy (non-hydrogen) atoms. The molecule has 2 amide bonds. The van der Waals surface area contributed by atoms with Crippen LogP contribution in [0.3, 0.4) is 0 Å². The molecule has 0 bridgehead atoms. The Morgan fingerprint density at radius 2 is 1.68 bits per heavy atom. The highest BCUT2D eigenvalue weighted by Gasteiger charge is 2.42. The standard InChI is InChI=1S/C27H39ClN2O4/c1-19-14-23(15-20(2)25(19)28)34-18-27(16-24(32)29-12-8-22(31)9-13-29)10-5-11-30(17-27)26(33)21-6-3-4-7-21/h14-15,21-22,31H,3-13,16-18H2,1-2H3/t27-/m0/s1. The second kappa shape index (κ2) is 10.9. The van der Waals surface area contributed by atoms with Gasteiger partial charge >= 0.3 is 0 Å². The van der Waals surface area contributed by atoms with Crippen LogP contribution >= 0.6 is 11.6 Å². The van der Waals surface area contributed by atoms with E-state index in [2.05, 4.69) is 0 Å². The van der Waals surface area contributed by atoms with Gasteiger partial charge in [0.2, 0.25) is 11.8 Å². The number of halogens is 1. The first-order chi connectivity index (χ1) is 16.3. The maximum absolute atomic E-state index is 13.3. The van der Waals surface area contributed by atoms with Gasteiger partial charge in [-0.05, 0) is 75.6 Å². The van der Waals surface area contributed by atoms with E-state index in [1.165, 1.54) is 0 Å². The van der Waals surface area contributed by atoms with Crippen molar-refractivity contribution in [1.29, 1.82) is 0 Å². The molecule has 1 N–H and O–H groups in total. The van der Waals surface area contributed by atoms with Gasteiger partial charge in [-0.1, -0.05) is 24.4 Å². The minimum Gasteiger partial charge on any atom is -0.493 e. The fraction of sp³-hybridized carbons (Fsp3) is 0.704. The van der Waals surface area contributed by atoms with Gasteiger partial charge in [-0.15, -0.1) is 0 Å². The van der Waals surface area contributed by atoms with Crippen LogP contribution in [0.2, 0.25) is 5.02 Å². The number of hydrogen-bond acceptors (Lipinski definition) is 4. The van der Waals surface area contributed by atoms with E-state index in [-0.39, 0.29) is 23.8 Å². The van der Waals surface area contributed by atoms with Crippen LogP contribution in [-0.4, -0.2) is 65.6 Å². The molecule has 1 saturated carbocycles. The zero-order valence-electron chi connectivity index (χ0n) is 20.7. The number of benzene rings is 1. The molecule has 1 atom stereocenters. The van der Waals surface area contributed by atoms with Gasteiger partial charge in [-0.2, -0.15) is 0 Å². The molecule has 188 valence electrons. The second-order valence-electron chi connectivity index (χ2n) is 10.8. The van der Waals surface area contributed by atoms with Gasteiger partial charge in [0.15, 0.2) is 0 Å². The molecule has 0 aromatic heterocycles. The Morgan fingerprint density at radius 1 is 1.03 bits per heavy atom. The van der Waals surface area contributed by atoms with E-state index in [0.717, 1.165) is 67.0 Å². The predicted molar refractivity (Wildman–Crippen MR) is 133 cm³/mol. The summed E-state index contributed by atoms with van der Waals surface area (Å²) in [7, 11) is 0. The second-order valence-corrected chi connectivity index (χ2v) is 11.2. The first-order valence-electron chi connectivity index (χ1n) is 12.9. The number of aryl methyl sites for hydroxylation is 2. The molecule has 6 nitrogen and oxygen atoms in total. The number of aliphatic hydroxyl groups excluding tert-OH is 1. The van der Waals surface area contributed by atoms with Crippen molar-refractivity contribution in [3.05, 3.63) is 28.3 Å². The van der Waals surface area contributed by atoms with E-state index in [9.17, 15) is 14.7 Å². The third-order valence-corrected chi connectivity index (χ3v) is 8.57. The summed E-state index contributed by atoms with van der Waals surface area (Å²) >= 11 is 6.34. The monoisotopic (exact) mass is 490 g/mol. The molecule has 4 rings (SSSR count). The van der Waals surface area contributed by atoms with Crippen molar-refractivity contribution in [2.24, 2.45) is 11.3 Å². The molecule has 1 aliphatic carbocycles. The number of ether oxygens (including phenoxy) is 1. The van der Waals surface area contributed by atoms with Crippen molar-refractivity contribution in [2.45, 2.75) is 77.7 Å². The number of carbonyl (C=O) groups excluding carboxylic acids is 2. The highest BCUT2D eigenvalue weighted by atomic mass is 35.5. The molecule has 2 saturated heterocycles. The van der Waals surface area contributed by atoms with Crippen LogP contribution in [-0.2, 0) is 9.59 Å². The van der Waals surface area contributed by atoms with E-state index in [1.807, 2.05) is 35.8 Å². The van der Waals surface area contributed by atoms with Crippen molar-refractivity contribution in [2.75, 3.05) is 32.8 Å². The largest absolute Gasteiger partial charge is 0.493 e. The zero-order chi connectivity index (χ0) is 24.3. The summed E-state index contributed by atoms with van der Waals surface area (Å²) in [4.78, 5) is 30.5. The van der Waals surface area contributed by atoms with Crippen LogP contribution < -0.4 is 4.74 Å². The van der Waals surface area contributed by atoms with Gasteiger partial charge in [0.1, 0.15) is 5.75 Å². The van der Waals surface area contributed by atoms with E-state index in [0.29, 0.717) is 45.5 Å². The third kappa shape index (κ3) is 5.88. The molecule has 3 aliphatic rings. The number of carbonyl (C=O) groups is 2. The van der Waals surface area contributed by atoms with Gasteiger partial charge in [-0.3, -0.25) is 9.59 Å². The molecule has 0 unspecified atom stereocenters. The number of amides is 2. The van der Waals surface area contributed by atoms with Crippen LogP contribution in [0.15, 0.2) is 12.1 Å². The Morgan fingerprint density at radius 3 is 2.32 bits per heavy atom. The Labute approximate surface area is 208 Å². The highest BCUT2D eigenvalue weighted by molar-refractivity contribution is 6.32. The van der Waals surface area contributed by atoms with Crippen LogP contribution in [0.1, 0.15) is 68.9 Å². The van der Waals surface area contributed by atoms with Crippen LogP contribution in [0.5, 0.6) is 5.75 Å². The Kier molecular flexibility index (Phi) is 8.08. The fourth-order valence-corrected chi connectivity index (χ4v) is 6.02. The number of likely N-dealkylation sites (tertiary alicyclic amines) is 2. The summed E-state index contributed by atoms with van der Waals surface area (Å²) in [6.07, 6.45) is 7.28. The Bertz CT molecular complexity index is 870. The lowest BCUT2D eigenvalue weighted by molar-refractivity contribution is -0.144. The number of nitrogens with zero attached hydrogens (tertiary/aromatic N) is 2. The van der Waals surface area contributed by atoms with Gasteiger partial charge in [-0.25, -0.2) is 0 Å². The lowest BCUT2D eigenvalue weighted by Gasteiger charge is -2.44. The smallest absolute Gasteiger partial charge is 0.225 e. The molecular formula is C27H39ClN2O4. The maximum atomic E-state index is 13.3.